The van der Waals surface area contributed by atoms with Crippen molar-refractivity contribution in [3.05, 3.63) is 176 Å². The first-order chi connectivity index (χ1) is 24.3. The molecule has 0 fully saturated rings. The molecule has 3 nitrogen and oxygen atoms in total. The number of rotatable bonds is 5. The van der Waals surface area contributed by atoms with Crippen LogP contribution in [0.15, 0.2) is 185 Å². The molecule has 8 aromatic carbocycles. The number of para-hydroxylation sites is 2. The second-order valence-electron chi connectivity index (χ2n) is 12.5. The Kier molecular flexibility index (Phi) is 6.18. The molecular weight excluding hydrogens is 599 g/mol. The first-order valence-electron chi connectivity index (χ1n) is 16.6. The average Bonchev–Trinajstić information content (AvgIpc) is 3.76. The Balaban J connectivity index is 1.17. The van der Waals surface area contributed by atoms with Crippen LogP contribution in [0.3, 0.4) is 0 Å². The van der Waals surface area contributed by atoms with Gasteiger partial charge in [0.1, 0.15) is 16.7 Å². The van der Waals surface area contributed by atoms with Crippen LogP contribution in [0.5, 0.6) is 0 Å². The van der Waals surface area contributed by atoms with E-state index in [9.17, 15) is 0 Å². The molecule has 0 aliphatic heterocycles. The molecule has 0 aliphatic rings. The summed E-state index contributed by atoms with van der Waals surface area (Å²) in [5.74, 6) is 0. The highest BCUT2D eigenvalue weighted by Crippen LogP contribution is 2.47. The van der Waals surface area contributed by atoms with Crippen molar-refractivity contribution < 1.29 is 8.83 Å². The van der Waals surface area contributed by atoms with Crippen LogP contribution in [0.25, 0.3) is 76.9 Å². The summed E-state index contributed by atoms with van der Waals surface area (Å²) in [6, 6.07) is 61.9. The normalized spacial score (nSPS) is 11.7. The van der Waals surface area contributed by atoms with Crippen molar-refractivity contribution in [2.45, 2.75) is 0 Å². The van der Waals surface area contributed by atoms with Crippen LogP contribution in [0.2, 0.25) is 0 Å². The van der Waals surface area contributed by atoms with Crippen molar-refractivity contribution in [1.82, 2.24) is 0 Å². The molecule has 49 heavy (non-hydrogen) atoms. The van der Waals surface area contributed by atoms with Crippen molar-refractivity contribution in [1.29, 1.82) is 0 Å². The Hall–Kier alpha value is -6.58. The fraction of sp³-hybridized carbons (Fsp3) is 0. The molecule has 0 spiro atoms. The third kappa shape index (κ3) is 4.44. The molecule has 0 radical (unpaired) electrons. The lowest BCUT2D eigenvalue weighted by atomic mass is 10.00. The van der Waals surface area contributed by atoms with Gasteiger partial charge in [0.2, 0.25) is 0 Å². The van der Waals surface area contributed by atoms with E-state index in [2.05, 4.69) is 169 Å². The molecule has 0 bridgehead atoms. The van der Waals surface area contributed by atoms with Gasteiger partial charge in [0.25, 0.3) is 0 Å². The van der Waals surface area contributed by atoms with Gasteiger partial charge in [0.15, 0.2) is 5.58 Å². The van der Waals surface area contributed by atoms with E-state index in [1.165, 1.54) is 16.7 Å². The number of benzene rings is 8. The minimum absolute atomic E-state index is 0.847. The molecule has 0 N–H and O–H groups in total. The van der Waals surface area contributed by atoms with E-state index in [-0.39, 0.29) is 0 Å². The maximum Gasteiger partial charge on any atom is 0.159 e. The fourth-order valence-electron chi connectivity index (χ4n) is 7.33. The maximum atomic E-state index is 6.63. The zero-order valence-electron chi connectivity index (χ0n) is 26.5. The lowest BCUT2D eigenvalue weighted by molar-refractivity contribution is 0.669. The highest BCUT2D eigenvalue weighted by molar-refractivity contribution is 6.20. The molecule has 230 valence electrons. The van der Waals surface area contributed by atoms with Gasteiger partial charge in [0.05, 0.1) is 16.8 Å². The van der Waals surface area contributed by atoms with Crippen LogP contribution in [0.1, 0.15) is 0 Å². The molecule has 10 aromatic rings. The van der Waals surface area contributed by atoms with E-state index in [1.54, 1.807) is 0 Å². The molecular formula is C46H29NO2. The van der Waals surface area contributed by atoms with Crippen molar-refractivity contribution in [3.8, 4) is 22.3 Å². The molecule has 0 atom stereocenters. The van der Waals surface area contributed by atoms with E-state index in [0.717, 1.165) is 77.3 Å². The summed E-state index contributed by atoms with van der Waals surface area (Å²) in [7, 11) is 0. The quantitative estimate of drug-likeness (QED) is 0.190. The van der Waals surface area contributed by atoms with Gasteiger partial charge < -0.3 is 13.7 Å². The van der Waals surface area contributed by atoms with Crippen LogP contribution in [0.4, 0.5) is 17.1 Å². The maximum absolute atomic E-state index is 6.63. The second-order valence-corrected chi connectivity index (χ2v) is 12.5. The van der Waals surface area contributed by atoms with Gasteiger partial charge in [-0.2, -0.15) is 0 Å². The zero-order chi connectivity index (χ0) is 32.3. The molecule has 2 heterocycles. The summed E-state index contributed by atoms with van der Waals surface area (Å²) >= 11 is 0. The molecule has 0 aliphatic carbocycles. The van der Waals surface area contributed by atoms with Crippen LogP contribution >= 0.6 is 0 Å². The molecule has 0 saturated heterocycles. The molecule has 0 amide bonds. The van der Waals surface area contributed by atoms with Gasteiger partial charge in [-0.1, -0.05) is 133 Å². The number of anilines is 3. The smallest absolute Gasteiger partial charge is 0.159 e. The summed E-state index contributed by atoms with van der Waals surface area (Å²) in [6.07, 6.45) is 0. The number of nitrogens with zero attached hydrogens (tertiary/aromatic N) is 1. The Bertz CT molecular complexity index is 2810. The highest BCUT2D eigenvalue weighted by Gasteiger charge is 2.23. The SMILES string of the molecule is c1ccc(-c2ccc(-c3ccc(N(c4cccc5c4oc4ccccc45)c4cccc5oc6c7ccccc7ccc6c45)cc3)cc2)cc1. The average molecular weight is 628 g/mol. The molecule has 2 aromatic heterocycles. The third-order valence-electron chi connectivity index (χ3n) is 9.68. The van der Waals surface area contributed by atoms with Gasteiger partial charge in [-0.15, -0.1) is 0 Å². The highest BCUT2D eigenvalue weighted by atomic mass is 16.3. The van der Waals surface area contributed by atoms with Gasteiger partial charge in [-0.05, 0) is 70.1 Å². The third-order valence-corrected chi connectivity index (χ3v) is 9.68. The van der Waals surface area contributed by atoms with Crippen LogP contribution < -0.4 is 4.90 Å². The summed E-state index contributed by atoms with van der Waals surface area (Å²) in [4.78, 5) is 2.32. The van der Waals surface area contributed by atoms with Crippen LogP contribution in [-0.2, 0) is 0 Å². The van der Waals surface area contributed by atoms with Gasteiger partial charge in [-0.3, -0.25) is 0 Å². The van der Waals surface area contributed by atoms with E-state index < -0.39 is 0 Å². The number of hydrogen-bond donors (Lipinski definition) is 0. The topological polar surface area (TPSA) is 29.5 Å². The minimum Gasteiger partial charge on any atom is -0.455 e. The van der Waals surface area contributed by atoms with E-state index in [1.807, 2.05) is 12.1 Å². The zero-order valence-corrected chi connectivity index (χ0v) is 26.5. The van der Waals surface area contributed by atoms with Crippen molar-refractivity contribution in [2.75, 3.05) is 4.90 Å². The standard InChI is InChI=1S/C46H29NO2/c1-2-10-30(11-3-1)31-20-22-32(23-21-31)33-24-27-35(28-25-33)47(41-17-8-15-38-37-14-6-7-18-42(37)48-46(38)41)40-16-9-19-43-44(40)39-29-26-34-12-4-5-13-36(34)45(39)49-43/h1-29H. The van der Waals surface area contributed by atoms with Crippen molar-refractivity contribution >= 4 is 71.7 Å². The van der Waals surface area contributed by atoms with Crippen LogP contribution in [-0.4, -0.2) is 0 Å². The summed E-state index contributed by atoms with van der Waals surface area (Å²) in [5.41, 5.74) is 11.2. The first kappa shape index (κ1) is 27.5. The monoisotopic (exact) mass is 627 g/mol. The van der Waals surface area contributed by atoms with Gasteiger partial charge in [-0.25, -0.2) is 0 Å². The minimum atomic E-state index is 0.847. The Morgan fingerprint density at radius 2 is 0.898 bits per heavy atom. The number of hydrogen-bond acceptors (Lipinski definition) is 3. The Morgan fingerprint density at radius 3 is 1.69 bits per heavy atom. The summed E-state index contributed by atoms with van der Waals surface area (Å²) in [6.45, 7) is 0. The van der Waals surface area contributed by atoms with E-state index in [0.29, 0.717) is 0 Å². The predicted molar refractivity (Wildman–Crippen MR) is 204 cm³/mol. The molecule has 10 rings (SSSR count). The van der Waals surface area contributed by atoms with E-state index in [4.69, 9.17) is 8.83 Å². The number of furan rings is 2. The fourth-order valence-corrected chi connectivity index (χ4v) is 7.33. The lowest BCUT2D eigenvalue weighted by Crippen LogP contribution is -2.10. The second kappa shape index (κ2) is 11.0. The Labute approximate surface area is 282 Å². The van der Waals surface area contributed by atoms with Gasteiger partial charge in [0, 0.05) is 27.2 Å². The summed E-state index contributed by atoms with van der Waals surface area (Å²) in [5, 5.41) is 6.61. The molecule has 0 unspecified atom stereocenters. The Morgan fingerprint density at radius 1 is 0.327 bits per heavy atom. The van der Waals surface area contributed by atoms with Gasteiger partial charge >= 0.3 is 0 Å². The molecule has 3 heteroatoms. The number of fused-ring (bicyclic) bond motifs is 8. The largest absolute Gasteiger partial charge is 0.455 e. The van der Waals surface area contributed by atoms with E-state index >= 15 is 0 Å². The van der Waals surface area contributed by atoms with Crippen molar-refractivity contribution in [3.63, 3.8) is 0 Å². The summed E-state index contributed by atoms with van der Waals surface area (Å²) < 4.78 is 13.3. The van der Waals surface area contributed by atoms with Crippen LogP contribution in [0, 0.1) is 0 Å². The van der Waals surface area contributed by atoms with Crippen molar-refractivity contribution in [2.24, 2.45) is 0 Å². The molecule has 0 saturated carbocycles. The lowest BCUT2D eigenvalue weighted by Gasteiger charge is -2.26. The predicted octanol–water partition coefficient (Wildman–Crippen LogP) is 13.4. The first-order valence-corrected chi connectivity index (χ1v) is 16.6.